The number of carbonyl (C=O) groups is 1. The van der Waals surface area contributed by atoms with Crippen LogP contribution < -0.4 is 10.9 Å². The molecule has 1 fully saturated rings. The van der Waals surface area contributed by atoms with Gasteiger partial charge in [-0.3, -0.25) is 9.69 Å². The summed E-state index contributed by atoms with van der Waals surface area (Å²) in [5, 5.41) is 7.81. The summed E-state index contributed by atoms with van der Waals surface area (Å²) in [5.41, 5.74) is 2.74. The highest BCUT2D eigenvalue weighted by Gasteiger charge is 2.22. The average Bonchev–Trinajstić information content (AvgIpc) is 3.26. The zero-order valence-electron chi connectivity index (χ0n) is 18.6. The maximum atomic E-state index is 13.8. The Morgan fingerprint density at radius 2 is 1.82 bits per heavy atom. The number of benzene rings is 2. The lowest BCUT2D eigenvalue weighted by Crippen LogP contribution is -2.49. The lowest BCUT2D eigenvalue weighted by molar-refractivity contribution is 0.142. The number of halogens is 1. The molecular weight excluding hydrogens is 455 g/mol. The van der Waals surface area contributed by atoms with Gasteiger partial charge in [-0.25, -0.2) is 14.2 Å². The van der Waals surface area contributed by atoms with E-state index in [0.29, 0.717) is 43.4 Å². The van der Waals surface area contributed by atoms with E-state index in [1.165, 1.54) is 34.1 Å². The minimum Gasteiger partial charge on any atom is -0.322 e. The molecule has 0 radical (unpaired) electrons. The first-order chi connectivity index (χ1) is 16.5. The van der Waals surface area contributed by atoms with Crippen LogP contribution in [-0.4, -0.2) is 56.6 Å². The number of aromatic nitrogens is 3. The van der Waals surface area contributed by atoms with Crippen molar-refractivity contribution < 1.29 is 9.18 Å². The molecule has 174 valence electrons. The fourth-order valence-corrected chi connectivity index (χ4v) is 4.77. The molecule has 34 heavy (non-hydrogen) atoms. The predicted octanol–water partition coefficient (Wildman–Crippen LogP) is 3.62. The van der Waals surface area contributed by atoms with Gasteiger partial charge in [-0.2, -0.15) is 9.61 Å². The van der Waals surface area contributed by atoms with E-state index in [-0.39, 0.29) is 17.3 Å². The summed E-state index contributed by atoms with van der Waals surface area (Å²) in [6.45, 7) is 4.79. The number of aryl methyl sites for hydroxylation is 1. The molecule has 0 bridgehead atoms. The number of urea groups is 1. The van der Waals surface area contributed by atoms with Crippen molar-refractivity contribution in [3.63, 3.8) is 0 Å². The van der Waals surface area contributed by atoms with Crippen LogP contribution in [0.5, 0.6) is 0 Å². The molecule has 2 aromatic carbocycles. The summed E-state index contributed by atoms with van der Waals surface area (Å²) in [6.07, 6.45) is 0. The number of nitrogens with zero attached hydrogens (tertiary/aromatic N) is 5. The van der Waals surface area contributed by atoms with E-state index in [1.54, 1.807) is 17.0 Å². The molecular formula is C24H23FN6O2S. The Balaban J connectivity index is 1.23. The summed E-state index contributed by atoms with van der Waals surface area (Å²) in [4.78, 5) is 34.1. The third kappa shape index (κ3) is 4.68. The van der Waals surface area contributed by atoms with Crippen LogP contribution in [0.15, 0.2) is 59.4 Å². The van der Waals surface area contributed by atoms with Crippen LogP contribution in [0.1, 0.15) is 11.3 Å². The number of piperazine rings is 1. The van der Waals surface area contributed by atoms with Crippen LogP contribution in [0, 0.1) is 12.7 Å². The average molecular weight is 479 g/mol. The molecule has 1 aliphatic heterocycles. The van der Waals surface area contributed by atoms with Crippen LogP contribution in [0.25, 0.3) is 15.5 Å². The predicted molar refractivity (Wildman–Crippen MR) is 130 cm³/mol. The number of anilines is 1. The lowest BCUT2D eigenvalue weighted by atomic mass is 10.2. The quantitative estimate of drug-likeness (QED) is 0.485. The molecule has 8 nitrogen and oxygen atoms in total. The molecule has 5 rings (SSSR count). The Bertz CT molecular complexity index is 1390. The molecule has 0 atom stereocenters. The maximum Gasteiger partial charge on any atom is 0.322 e. The maximum absolute atomic E-state index is 13.8. The van der Waals surface area contributed by atoms with E-state index in [1.807, 2.05) is 31.2 Å². The van der Waals surface area contributed by atoms with Gasteiger partial charge in [0.2, 0.25) is 4.96 Å². The number of amides is 2. The number of carbonyl (C=O) groups excluding carboxylic acids is 1. The largest absolute Gasteiger partial charge is 0.322 e. The molecule has 0 unspecified atom stereocenters. The van der Waals surface area contributed by atoms with Gasteiger partial charge in [0.1, 0.15) is 10.8 Å². The molecule has 2 aromatic heterocycles. The molecule has 4 aromatic rings. The van der Waals surface area contributed by atoms with Crippen molar-refractivity contribution >= 4 is 28.0 Å². The van der Waals surface area contributed by atoms with E-state index in [9.17, 15) is 14.0 Å². The van der Waals surface area contributed by atoms with Crippen molar-refractivity contribution in [3.8, 4) is 10.6 Å². The second-order valence-corrected chi connectivity index (χ2v) is 9.18. The van der Waals surface area contributed by atoms with Crippen molar-refractivity contribution in [2.75, 3.05) is 31.5 Å². The summed E-state index contributed by atoms with van der Waals surface area (Å²) in [7, 11) is 0. The Kier molecular flexibility index (Phi) is 6.08. The second-order valence-electron chi connectivity index (χ2n) is 8.23. The highest BCUT2D eigenvalue weighted by atomic mass is 32.1. The number of hydrogen-bond donors (Lipinski definition) is 1. The molecule has 1 aliphatic rings. The summed E-state index contributed by atoms with van der Waals surface area (Å²) < 4.78 is 15.1. The van der Waals surface area contributed by atoms with Gasteiger partial charge in [0, 0.05) is 44.4 Å². The minimum absolute atomic E-state index is 0.169. The second kappa shape index (κ2) is 9.32. The highest BCUT2D eigenvalue weighted by Crippen LogP contribution is 2.24. The third-order valence-corrected chi connectivity index (χ3v) is 6.71. The number of fused-ring (bicyclic) bond motifs is 1. The van der Waals surface area contributed by atoms with Gasteiger partial charge in [-0.15, -0.1) is 0 Å². The van der Waals surface area contributed by atoms with E-state index < -0.39 is 5.82 Å². The Morgan fingerprint density at radius 1 is 1.09 bits per heavy atom. The third-order valence-electron chi connectivity index (χ3n) is 5.76. The molecule has 0 aliphatic carbocycles. The summed E-state index contributed by atoms with van der Waals surface area (Å²) in [6, 6.07) is 15.3. The first-order valence-corrected chi connectivity index (χ1v) is 11.8. The lowest BCUT2D eigenvalue weighted by Gasteiger charge is -2.34. The van der Waals surface area contributed by atoms with Crippen LogP contribution in [0.2, 0.25) is 0 Å². The fourth-order valence-electron chi connectivity index (χ4n) is 3.85. The van der Waals surface area contributed by atoms with Crippen molar-refractivity contribution in [2.24, 2.45) is 0 Å². The Morgan fingerprint density at radius 3 is 2.56 bits per heavy atom. The Hall–Kier alpha value is -3.63. The van der Waals surface area contributed by atoms with Gasteiger partial charge in [0.25, 0.3) is 5.56 Å². The SMILES string of the molecule is Cc1ccc(-c2nn3c(=O)cc(CN4CCN(C(=O)Nc5ccccc5F)CC4)nc3s2)cc1. The zero-order valence-corrected chi connectivity index (χ0v) is 19.4. The fraction of sp³-hybridized carbons (Fsp3) is 0.250. The van der Waals surface area contributed by atoms with Gasteiger partial charge in [0.15, 0.2) is 0 Å². The number of rotatable bonds is 4. The molecule has 1 saturated heterocycles. The molecule has 2 amide bonds. The normalized spacial score (nSPS) is 14.5. The highest BCUT2D eigenvalue weighted by molar-refractivity contribution is 7.19. The van der Waals surface area contributed by atoms with Crippen LogP contribution in [0.3, 0.4) is 0 Å². The molecule has 3 heterocycles. The summed E-state index contributed by atoms with van der Waals surface area (Å²) >= 11 is 1.38. The van der Waals surface area contributed by atoms with Crippen molar-refractivity contribution in [1.29, 1.82) is 0 Å². The van der Waals surface area contributed by atoms with E-state index in [2.05, 4.69) is 20.3 Å². The monoisotopic (exact) mass is 478 g/mol. The Labute approximate surface area is 199 Å². The van der Waals surface area contributed by atoms with Gasteiger partial charge < -0.3 is 10.2 Å². The zero-order chi connectivity index (χ0) is 23.7. The van der Waals surface area contributed by atoms with E-state index in [0.717, 1.165) is 16.1 Å². The smallest absolute Gasteiger partial charge is 0.322 e. The van der Waals surface area contributed by atoms with Crippen LogP contribution >= 0.6 is 11.3 Å². The van der Waals surface area contributed by atoms with Crippen molar-refractivity contribution in [3.05, 3.63) is 82.0 Å². The van der Waals surface area contributed by atoms with Gasteiger partial charge in [-0.05, 0) is 19.1 Å². The number of hydrogen-bond acceptors (Lipinski definition) is 6. The van der Waals surface area contributed by atoms with Gasteiger partial charge in [0.05, 0.1) is 11.4 Å². The first kappa shape index (κ1) is 22.2. The van der Waals surface area contributed by atoms with Crippen LogP contribution in [-0.2, 0) is 6.54 Å². The van der Waals surface area contributed by atoms with Crippen molar-refractivity contribution in [2.45, 2.75) is 13.5 Å². The van der Waals surface area contributed by atoms with Gasteiger partial charge >= 0.3 is 6.03 Å². The van der Waals surface area contributed by atoms with Gasteiger partial charge in [-0.1, -0.05) is 53.3 Å². The minimum atomic E-state index is -0.462. The standard InChI is InChI=1S/C24H23FN6O2S/c1-16-6-8-17(9-7-16)22-28-31-21(32)14-18(26-24(31)34-22)15-29-10-12-30(13-11-29)23(33)27-20-5-3-2-4-19(20)25/h2-9,14H,10-13,15H2,1H3,(H,27,33). The van der Waals surface area contributed by atoms with Crippen LogP contribution in [0.4, 0.5) is 14.9 Å². The number of nitrogens with one attached hydrogen (secondary N) is 1. The van der Waals surface area contributed by atoms with E-state index in [4.69, 9.17) is 0 Å². The first-order valence-electron chi connectivity index (χ1n) is 11.0. The van der Waals surface area contributed by atoms with E-state index >= 15 is 0 Å². The van der Waals surface area contributed by atoms with Crippen molar-refractivity contribution in [1.82, 2.24) is 24.4 Å². The molecule has 10 heteroatoms. The topological polar surface area (TPSA) is 82.8 Å². The summed E-state index contributed by atoms with van der Waals surface area (Å²) in [5.74, 6) is -0.462. The number of para-hydroxylation sites is 1. The molecule has 1 N–H and O–H groups in total. The molecule has 0 saturated carbocycles. The molecule has 0 spiro atoms.